The Kier molecular flexibility index (Phi) is 5.50. The summed E-state index contributed by atoms with van der Waals surface area (Å²) in [5.41, 5.74) is 8.89. The van der Waals surface area contributed by atoms with Crippen LogP contribution in [-0.2, 0) is 9.53 Å². The minimum Gasteiger partial charge on any atom is -0.496 e. The quantitative estimate of drug-likeness (QED) is 0.508. The summed E-state index contributed by atoms with van der Waals surface area (Å²) >= 11 is 1.17. The zero-order valence-electron chi connectivity index (χ0n) is 15.6. The summed E-state index contributed by atoms with van der Waals surface area (Å²) in [5, 5.41) is 4.80. The summed E-state index contributed by atoms with van der Waals surface area (Å²) in [6, 6.07) is 7.64. The van der Waals surface area contributed by atoms with Crippen molar-refractivity contribution < 1.29 is 14.3 Å². The molecule has 0 unspecified atom stereocenters. The summed E-state index contributed by atoms with van der Waals surface area (Å²) in [6.45, 7) is 4.08. The van der Waals surface area contributed by atoms with Gasteiger partial charge in [0, 0.05) is 11.1 Å². The van der Waals surface area contributed by atoms with Crippen molar-refractivity contribution >= 4 is 29.3 Å². The Morgan fingerprint density at radius 3 is 2.67 bits per heavy atom. The van der Waals surface area contributed by atoms with Gasteiger partial charge in [-0.2, -0.15) is 9.50 Å². The van der Waals surface area contributed by atoms with Crippen LogP contribution in [0.1, 0.15) is 25.5 Å². The zero-order chi connectivity index (χ0) is 19.6. The Morgan fingerprint density at radius 2 is 2.00 bits per heavy atom. The first kappa shape index (κ1) is 19.0. The number of methoxy groups -OCH3 is 2. The van der Waals surface area contributed by atoms with E-state index in [-0.39, 0.29) is 17.6 Å². The summed E-state index contributed by atoms with van der Waals surface area (Å²) < 4.78 is 11.6. The van der Waals surface area contributed by atoms with E-state index in [1.807, 2.05) is 38.1 Å². The number of rotatable bonds is 6. The highest BCUT2D eigenvalue weighted by molar-refractivity contribution is 7.99. The molecule has 0 saturated carbocycles. The molecule has 0 radical (unpaired) electrons. The van der Waals surface area contributed by atoms with Gasteiger partial charge in [0.15, 0.2) is 0 Å². The number of nitrogens with zero attached hydrogens (tertiary/aromatic N) is 4. The highest BCUT2D eigenvalue weighted by Gasteiger charge is 2.22. The molecule has 0 atom stereocenters. The first-order valence-electron chi connectivity index (χ1n) is 8.35. The van der Waals surface area contributed by atoms with Crippen molar-refractivity contribution in [3.63, 3.8) is 0 Å². The van der Waals surface area contributed by atoms with Crippen LogP contribution >= 0.6 is 11.8 Å². The maximum absolute atomic E-state index is 11.4. The molecule has 3 aromatic rings. The second-order valence-electron chi connectivity index (χ2n) is 6.08. The van der Waals surface area contributed by atoms with Gasteiger partial charge >= 0.3 is 5.97 Å². The second-order valence-corrected chi connectivity index (χ2v) is 7.03. The normalized spacial score (nSPS) is 11.1. The second kappa shape index (κ2) is 7.83. The molecule has 0 amide bonds. The van der Waals surface area contributed by atoms with Gasteiger partial charge in [-0.15, -0.1) is 5.10 Å². The van der Waals surface area contributed by atoms with Gasteiger partial charge in [-0.3, -0.25) is 4.79 Å². The number of hydrogen-bond donors (Lipinski definition) is 1. The molecule has 0 aliphatic carbocycles. The molecule has 0 aliphatic heterocycles. The lowest BCUT2D eigenvalue weighted by atomic mass is 9.97. The minimum absolute atomic E-state index is 0.111. The summed E-state index contributed by atoms with van der Waals surface area (Å²) in [7, 11) is 2.96. The van der Waals surface area contributed by atoms with E-state index in [9.17, 15) is 4.79 Å². The van der Waals surface area contributed by atoms with Gasteiger partial charge in [0.2, 0.25) is 5.16 Å². The Hall–Kier alpha value is -2.81. The number of anilines is 1. The Labute approximate surface area is 161 Å². The number of carbonyl (C=O) groups excluding carboxylic acids is 1. The van der Waals surface area contributed by atoms with Crippen LogP contribution in [0.5, 0.6) is 5.75 Å². The lowest BCUT2D eigenvalue weighted by Gasteiger charge is -2.17. The number of carbonyl (C=O) groups is 1. The van der Waals surface area contributed by atoms with Crippen molar-refractivity contribution in [2.24, 2.45) is 0 Å². The number of esters is 1. The number of nitrogens with two attached hydrogens (primary N) is 1. The third-order valence-electron chi connectivity index (χ3n) is 4.00. The van der Waals surface area contributed by atoms with Gasteiger partial charge in [-0.25, -0.2) is 4.98 Å². The monoisotopic (exact) mass is 387 g/mol. The molecule has 142 valence electrons. The third-order valence-corrected chi connectivity index (χ3v) is 4.81. The average molecular weight is 387 g/mol. The molecule has 0 saturated heterocycles. The van der Waals surface area contributed by atoms with Crippen LogP contribution in [0.4, 0.5) is 5.82 Å². The molecule has 8 nitrogen and oxygen atoms in total. The van der Waals surface area contributed by atoms with Crippen LogP contribution in [0.3, 0.4) is 0 Å². The third kappa shape index (κ3) is 3.68. The summed E-state index contributed by atoms with van der Waals surface area (Å²) in [5.74, 6) is 1.39. The van der Waals surface area contributed by atoms with Gasteiger partial charge in [0.1, 0.15) is 11.6 Å². The van der Waals surface area contributed by atoms with E-state index in [4.69, 9.17) is 10.5 Å². The Morgan fingerprint density at radius 1 is 1.26 bits per heavy atom. The maximum Gasteiger partial charge on any atom is 0.316 e. The molecule has 27 heavy (non-hydrogen) atoms. The molecule has 2 N–H and O–H groups in total. The predicted molar refractivity (Wildman–Crippen MR) is 104 cm³/mol. The van der Waals surface area contributed by atoms with E-state index in [0.29, 0.717) is 22.5 Å². The molecule has 0 aliphatic rings. The van der Waals surface area contributed by atoms with Crippen LogP contribution in [0.25, 0.3) is 16.9 Å². The van der Waals surface area contributed by atoms with Gasteiger partial charge in [-0.1, -0.05) is 43.8 Å². The SMILES string of the molecule is COC(=O)CSc1nc2nc(C(C)C)c(-c3ccccc3OC)c(N)n2n1. The van der Waals surface area contributed by atoms with E-state index >= 15 is 0 Å². The molecule has 1 aromatic carbocycles. The van der Waals surface area contributed by atoms with Crippen LogP contribution in [0.15, 0.2) is 29.4 Å². The average Bonchev–Trinajstić information content (AvgIpc) is 3.09. The number of para-hydroxylation sites is 1. The van der Waals surface area contributed by atoms with Crippen LogP contribution in [-0.4, -0.2) is 45.5 Å². The van der Waals surface area contributed by atoms with Crippen molar-refractivity contribution in [2.75, 3.05) is 25.7 Å². The van der Waals surface area contributed by atoms with E-state index in [0.717, 1.165) is 16.8 Å². The number of hydrogen-bond acceptors (Lipinski definition) is 8. The number of aromatic nitrogens is 4. The summed E-state index contributed by atoms with van der Waals surface area (Å²) in [4.78, 5) is 20.4. The van der Waals surface area contributed by atoms with Crippen LogP contribution in [0.2, 0.25) is 0 Å². The Balaban J connectivity index is 2.16. The molecular formula is C18H21N5O3S. The maximum atomic E-state index is 11.4. The molecular weight excluding hydrogens is 366 g/mol. The van der Waals surface area contributed by atoms with Gasteiger partial charge in [0.25, 0.3) is 5.78 Å². The minimum atomic E-state index is -0.350. The molecule has 0 bridgehead atoms. The zero-order valence-corrected chi connectivity index (χ0v) is 16.4. The highest BCUT2D eigenvalue weighted by atomic mass is 32.2. The molecule has 9 heteroatoms. The number of benzene rings is 1. The van der Waals surface area contributed by atoms with E-state index in [1.165, 1.54) is 23.4 Å². The van der Waals surface area contributed by atoms with Crippen molar-refractivity contribution in [1.29, 1.82) is 0 Å². The summed E-state index contributed by atoms with van der Waals surface area (Å²) in [6.07, 6.45) is 0. The smallest absolute Gasteiger partial charge is 0.316 e. The lowest BCUT2D eigenvalue weighted by Crippen LogP contribution is -2.09. The Bertz CT molecular complexity index is 987. The standard InChI is InChI=1S/C18H21N5O3S/c1-10(2)15-14(11-7-5-6-8-12(11)25-3)16(19)23-17(20-15)21-18(22-23)27-9-13(24)26-4/h5-8,10H,9,19H2,1-4H3. The van der Waals surface area contributed by atoms with Gasteiger partial charge in [0.05, 0.1) is 25.7 Å². The number of nitrogen functional groups attached to an aromatic ring is 1. The highest BCUT2D eigenvalue weighted by Crippen LogP contribution is 2.38. The number of ether oxygens (including phenoxy) is 2. The van der Waals surface area contributed by atoms with Crippen LogP contribution < -0.4 is 10.5 Å². The number of thioether (sulfide) groups is 1. The lowest BCUT2D eigenvalue weighted by molar-refractivity contribution is -0.137. The van der Waals surface area contributed by atoms with Crippen molar-refractivity contribution in [3.05, 3.63) is 30.0 Å². The van der Waals surface area contributed by atoms with E-state index < -0.39 is 0 Å². The largest absolute Gasteiger partial charge is 0.496 e. The number of fused-ring (bicyclic) bond motifs is 1. The predicted octanol–water partition coefficient (Wildman–Crippen LogP) is 2.77. The first-order chi connectivity index (χ1) is 13.0. The van der Waals surface area contributed by atoms with E-state index in [2.05, 4.69) is 19.8 Å². The molecule has 2 aromatic heterocycles. The topological polar surface area (TPSA) is 105 Å². The van der Waals surface area contributed by atoms with Crippen molar-refractivity contribution in [1.82, 2.24) is 19.6 Å². The van der Waals surface area contributed by atoms with Crippen molar-refractivity contribution in [2.45, 2.75) is 24.9 Å². The van der Waals surface area contributed by atoms with E-state index in [1.54, 1.807) is 7.11 Å². The molecule has 3 rings (SSSR count). The fraction of sp³-hybridized carbons (Fsp3) is 0.333. The first-order valence-corrected chi connectivity index (χ1v) is 9.34. The van der Waals surface area contributed by atoms with Crippen LogP contribution in [0, 0.1) is 0 Å². The van der Waals surface area contributed by atoms with Crippen molar-refractivity contribution in [3.8, 4) is 16.9 Å². The van der Waals surface area contributed by atoms with Gasteiger partial charge < -0.3 is 15.2 Å². The fourth-order valence-electron chi connectivity index (χ4n) is 2.71. The molecule has 2 heterocycles. The fourth-order valence-corrected chi connectivity index (χ4v) is 3.36. The molecule has 0 fully saturated rings. The van der Waals surface area contributed by atoms with Gasteiger partial charge in [-0.05, 0) is 12.0 Å². The molecule has 0 spiro atoms.